The van der Waals surface area contributed by atoms with E-state index in [0.717, 1.165) is 24.5 Å². The summed E-state index contributed by atoms with van der Waals surface area (Å²) in [5.74, 6) is 1.24. The molecule has 0 bridgehead atoms. The highest BCUT2D eigenvalue weighted by atomic mass is 35.5. The van der Waals surface area contributed by atoms with Gasteiger partial charge >= 0.3 is 0 Å². The number of anilines is 1. The quantitative estimate of drug-likeness (QED) is 0.641. The lowest BCUT2D eigenvalue weighted by molar-refractivity contribution is 0.0745. The summed E-state index contributed by atoms with van der Waals surface area (Å²) < 4.78 is 10.7. The Morgan fingerprint density at radius 3 is 2.59 bits per heavy atom. The number of piperazine rings is 1. The standard InChI is InChI=1S/C22H22ClN3O3/c1-15-20(21(24-29-15)18-8-3-4-9-19(18)23)22(27)26-12-10-25(11-13-26)16-6-5-7-17(14-16)28-2/h3-9,14H,10-13H2,1-2H3. The van der Waals surface area contributed by atoms with Crippen LogP contribution in [0.25, 0.3) is 11.3 Å². The number of aryl methyl sites for hydroxylation is 1. The van der Waals surface area contributed by atoms with Gasteiger partial charge in [0.2, 0.25) is 0 Å². The lowest BCUT2D eigenvalue weighted by Gasteiger charge is -2.36. The molecule has 0 spiro atoms. The van der Waals surface area contributed by atoms with E-state index in [1.807, 2.05) is 41.3 Å². The number of nitrogens with zero attached hydrogens (tertiary/aromatic N) is 3. The summed E-state index contributed by atoms with van der Waals surface area (Å²) in [5.41, 5.74) is 2.76. The number of methoxy groups -OCH3 is 1. The minimum atomic E-state index is -0.0797. The van der Waals surface area contributed by atoms with Gasteiger partial charge < -0.3 is 19.1 Å². The smallest absolute Gasteiger partial charge is 0.259 e. The van der Waals surface area contributed by atoms with Gasteiger partial charge in [0.05, 0.1) is 12.1 Å². The largest absolute Gasteiger partial charge is 0.497 e. The third-order valence-electron chi connectivity index (χ3n) is 5.19. The third kappa shape index (κ3) is 3.80. The Morgan fingerprint density at radius 1 is 1.10 bits per heavy atom. The number of ether oxygens (including phenoxy) is 1. The predicted molar refractivity (Wildman–Crippen MR) is 113 cm³/mol. The van der Waals surface area contributed by atoms with Crippen molar-refractivity contribution in [2.75, 3.05) is 38.2 Å². The van der Waals surface area contributed by atoms with E-state index in [9.17, 15) is 4.79 Å². The van der Waals surface area contributed by atoms with Crippen molar-refractivity contribution in [3.8, 4) is 17.0 Å². The van der Waals surface area contributed by atoms with E-state index in [-0.39, 0.29) is 5.91 Å². The van der Waals surface area contributed by atoms with E-state index in [0.29, 0.717) is 40.7 Å². The Labute approximate surface area is 174 Å². The fourth-order valence-corrected chi connectivity index (χ4v) is 3.82. The summed E-state index contributed by atoms with van der Waals surface area (Å²) in [4.78, 5) is 17.4. The monoisotopic (exact) mass is 411 g/mol. The van der Waals surface area contributed by atoms with Gasteiger partial charge in [-0.2, -0.15) is 0 Å². The molecule has 3 aromatic rings. The lowest BCUT2D eigenvalue weighted by Crippen LogP contribution is -2.49. The normalized spacial score (nSPS) is 14.2. The van der Waals surface area contributed by atoms with E-state index in [4.69, 9.17) is 20.9 Å². The molecule has 4 rings (SSSR count). The van der Waals surface area contributed by atoms with E-state index < -0.39 is 0 Å². The van der Waals surface area contributed by atoms with Crippen LogP contribution >= 0.6 is 11.6 Å². The number of carbonyl (C=O) groups excluding carboxylic acids is 1. The fraction of sp³-hybridized carbons (Fsp3) is 0.273. The third-order valence-corrected chi connectivity index (χ3v) is 5.52. The van der Waals surface area contributed by atoms with Crippen molar-refractivity contribution in [3.05, 3.63) is 64.9 Å². The Hall–Kier alpha value is -2.99. The molecule has 0 atom stereocenters. The number of benzene rings is 2. The number of rotatable bonds is 4. The average molecular weight is 412 g/mol. The van der Waals surface area contributed by atoms with Crippen LogP contribution in [0.4, 0.5) is 5.69 Å². The van der Waals surface area contributed by atoms with Gasteiger partial charge in [-0.05, 0) is 25.1 Å². The van der Waals surface area contributed by atoms with Gasteiger partial charge in [-0.1, -0.05) is 41.0 Å². The van der Waals surface area contributed by atoms with Gasteiger partial charge in [0.1, 0.15) is 22.8 Å². The van der Waals surface area contributed by atoms with Gasteiger partial charge in [0.25, 0.3) is 5.91 Å². The van der Waals surface area contributed by atoms with Crippen LogP contribution in [0, 0.1) is 6.92 Å². The maximum absolute atomic E-state index is 13.3. The molecule has 1 fully saturated rings. The van der Waals surface area contributed by atoms with Crippen molar-refractivity contribution >= 4 is 23.2 Å². The first kappa shape index (κ1) is 19.3. The zero-order valence-corrected chi connectivity index (χ0v) is 17.1. The SMILES string of the molecule is COc1cccc(N2CCN(C(=O)c3c(-c4ccccc4Cl)noc3C)CC2)c1. The van der Waals surface area contributed by atoms with E-state index in [1.165, 1.54) is 0 Å². The molecule has 1 saturated heterocycles. The lowest BCUT2D eigenvalue weighted by atomic mass is 10.0. The highest BCUT2D eigenvalue weighted by molar-refractivity contribution is 6.33. The Bertz CT molecular complexity index is 1030. The molecule has 1 aromatic heterocycles. The molecule has 150 valence electrons. The molecule has 2 heterocycles. The van der Waals surface area contributed by atoms with Crippen molar-refractivity contribution in [1.82, 2.24) is 10.1 Å². The first-order valence-electron chi connectivity index (χ1n) is 9.48. The zero-order chi connectivity index (χ0) is 20.4. The van der Waals surface area contributed by atoms with Crippen molar-refractivity contribution in [2.45, 2.75) is 6.92 Å². The van der Waals surface area contributed by atoms with Gasteiger partial charge in [0, 0.05) is 43.5 Å². The summed E-state index contributed by atoms with van der Waals surface area (Å²) >= 11 is 6.32. The second-order valence-corrected chi connectivity index (χ2v) is 7.33. The number of aromatic nitrogens is 1. The number of hydrogen-bond donors (Lipinski definition) is 0. The van der Waals surface area contributed by atoms with E-state index in [2.05, 4.69) is 16.1 Å². The predicted octanol–water partition coefficient (Wildman–Crippen LogP) is 4.27. The molecule has 29 heavy (non-hydrogen) atoms. The molecule has 1 aliphatic heterocycles. The molecule has 7 heteroatoms. The second kappa shape index (κ2) is 8.17. The molecular weight excluding hydrogens is 390 g/mol. The van der Waals surface area contributed by atoms with Crippen LogP contribution in [-0.4, -0.2) is 49.3 Å². The van der Waals surface area contributed by atoms with Crippen LogP contribution in [0.5, 0.6) is 5.75 Å². The molecule has 2 aromatic carbocycles. The summed E-state index contributed by atoms with van der Waals surface area (Å²) in [7, 11) is 1.66. The maximum atomic E-state index is 13.3. The molecule has 1 amide bonds. The first-order valence-corrected chi connectivity index (χ1v) is 9.85. The molecule has 0 radical (unpaired) electrons. The van der Waals surface area contributed by atoms with Crippen LogP contribution in [0.3, 0.4) is 0 Å². The molecule has 0 N–H and O–H groups in total. The first-order chi connectivity index (χ1) is 14.1. The van der Waals surface area contributed by atoms with E-state index >= 15 is 0 Å². The van der Waals surface area contributed by atoms with Crippen LogP contribution < -0.4 is 9.64 Å². The van der Waals surface area contributed by atoms with Crippen molar-refractivity contribution in [1.29, 1.82) is 0 Å². The summed E-state index contributed by atoms with van der Waals surface area (Å²) in [6.07, 6.45) is 0. The molecule has 1 aliphatic rings. The highest BCUT2D eigenvalue weighted by Crippen LogP contribution is 2.32. The van der Waals surface area contributed by atoms with E-state index in [1.54, 1.807) is 20.1 Å². The van der Waals surface area contributed by atoms with Gasteiger partial charge in [-0.3, -0.25) is 4.79 Å². The molecule has 6 nitrogen and oxygen atoms in total. The van der Waals surface area contributed by atoms with Crippen LogP contribution in [0.15, 0.2) is 53.1 Å². The summed E-state index contributed by atoms with van der Waals surface area (Å²) in [6.45, 7) is 4.47. The number of halogens is 1. The molecule has 0 saturated carbocycles. The minimum Gasteiger partial charge on any atom is -0.497 e. The molecular formula is C22H22ClN3O3. The van der Waals surface area contributed by atoms with Crippen molar-refractivity contribution in [2.24, 2.45) is 0 Å². The Kier molecular flexibility index (Phi) is 5.45. The molecule has 0 unspecified atom stereocenters. The minimum absolute atomic E-state index is 0.0797. The Balaban J connectivity index is 1.52. The summed E-state index contributed by atoms with van der Waals surface area (Å²) in [6, 6.07) is 15.3. The second-order valence-electron chi connectivity index (χ2n) is 6.92. The van der Waals surface area contributed by atoms with Crippen LogP contribution in [0.1, 0.15) is 16.1 Å². The number of hydrogen-bond acceptors (Lipinski definition) is 5. The molecule has 0 aliphatic carbocycles. The number of carbonyl (C=O) groups is 1. The van der Waals surface area contributed by atoms with Crippen molar-refractivity contribution in [3.63, 3.8) is 0 Å². The van der Waals surface area contributed by atoms with Gasteiger partial charge in [-0.15, -0.1) is 0 Å². The van der Waals surface area contributed by atoms with Crippen molar-refractivity contribution < 1.29 is 14.1 Å². The zero-order valence-electron chi connectivity index (χ0n) is 16.4. The average Bonchev–Trinajstić information content (AvgIpc) is 3.15. The topological polar surface area (TPSA) is 58.8 Å². The number of amides is 1. The van der Waals surface area contributed by atoms with Gasteiger partial charge in [0.15, 0.2) is 0 Å². The maximum Gasteiger partial charge on any atom is 0.259 e. The Morgan fingerprint density at radius 2 is 1.86 bits per heavy atom. The van der Waals surface area contributed by atoms with Gasteiger partial charge in [-0.25, -0.2) is 0 Å². The highest BCUT2D eigenvalue weighted by Gasteiger charge is 2.29. The van der Waals surface area contributed by atoms with Crippen LogP contribution in [-0.2, 0) is 0 Å². The summed E-state index contributed by atoms with van der Waals surface area (Å²) in [5, 5.41) is 4.65. The fourth-order valence-electron chi connectivity index (χ4n) is 3.59. The van der Waals surface area contributed by atoms with Crippen LogP contribution in [0.2, 0.25) is 5.02 Å².